The van der Waals surface area contributed by atoms with E-state index in [0.717, 1.165) is 11.3 Å². The summed E-state index contributed by atoms with van der Waals surface area (Å²) in [5.74, 6) is 0.832. The third-order valence-corrected chi connectivity index (χ3v) is 5.14. The highest BCUT2D eigenvalue weighted by atomic mass is 32.2. The molecule has 1 unspecified atom stereocenters. The number of hydrogen-bond donors (Lipinski definition) is 2. The van der Waals surface area contributed by atoms with E-state index in [-0.39, 0.29) is 30.0 Å². The molecule has 1 amide bonds. The minimum absolute atomic E-state index is 0.0528. The SMILES string of the molecule is COc1ccc(CNCC(=O)NC2CCS(=O)(=O)C2)cc1. The molecule has 6 nitrogen and oxygen atoms in total. The zero-order chi connectivity index (χ0) is 15.3. The van der Waals surface area contributed by atoms with Crippen LogP contribution in [0.15, 0.2) is 24.3 Å². The highest BCUT2D eigenvalue weighted by Gasteiger charge is 2.28. The molecule has 2 rings (SSSR count). The van der Waals surface area contributed by atoms with Gasteiger partial charge in [-0.25, -0.2) is 8.42 Å². The van der Waals surface area contributed by atoms with Crippen LogP contribution in [-0.2, 0) is 21.2 Å². The Balaban J connectivity index is 1.69. The van der Waals surface area contributed by atoms with Gasteiger partial charge in [-0.2, -0.15) is 0 Å². The number of ether oxygens (including phenoxy) is 1. The molecule has 0 aromatic heterocycles. The van der Waals surface area contributed by atoms with Gasteiger partial charge in [0.15, 0.2) is 9.84 Å². The summed E-state index contributed by atoms with van der Waals surface area (Å²) in [5, 5.41) is 5.77. The van der Waals surface area contributed by atoms with Gasteiger partial charge in [-0.3, -0.25) is 4.79 Å². The van der Waals surface area contributed by atoms with Crippen molar-refractivity contribution < 1.29 is 17.9 Å². The number of methoxy groups -OCH3 is 1. The van der Waals surface area contributed by atoms with Crippen LogP contribution in [0, 0.1) is 0 Å². The second-order valence-electron chi connectivity index (χ2n) is 5.12. The number of amides is 1. The van der Waals surface area contributed by atoms with Gasteiger partial charge in [0.25, 0.3) is 0 Å². The van der Waals surface area contributed by atoms with Crippen molar-refractivity contribution in [3.05, 3.63) is 29.8 Å². The van der Waals surface area contributed by atoms with Crippen LogP contribution in [0.25, 0.3) is 0 Å². The highest BCUT2D eigenvalue weighted by Crippen LogP contribution is 2.11. The van der Waals surface area contributed by atoms with Crippen LogP contribution in [-0.4, -0.2) is 45.5 Å². The molecule has 116 valence electrons. The van der Waals surface area contributed by atoms with Crippen molar-refractivity contribution >= 4 is 15.7 Å². The molecule has 1 aliphatic rings. The van der Waals surface area contributed by atoms with E-state index in [9.17, 15) is 13.2 Å². The Morgan fingerprint density at radius 1 is 1.33 bits per heavy atom. The Hall–Kier alpha value is -1.60. The van der Waals surface area contributed by atoms with E-state index < -0.39 is 9.84 Å². The fraction of sp³-hybridized carbons (Fsp3) is 0.500. The zero-order valence-electron chi connectivity index (χ0n) is 12.0. The number of benzene rings is 1. The molecule has 21 heavy (non-hydrogen) atoms. The van der Waals surface area contributed by atoms with E-state index in [1.54, 1.807) is 7.11 Å². The number of carbonyl (C=O) groups excluding carboxylic acids is 1. The Kier molecular flexibility index (Phi) is 5.19. The molecular formula is C14H20N2O4S. The van der Waals surface area contributed by atoms with Gasteiger partial charge >= 0.3 is 0 Å². The van der Waals surface area contributed by atoms with Crippen molar-refractivity contribution in [1.82, 2.24) is 10.6 Å². The van der Waals surface area contributed by atoms with Gasteiger partial charge in [-0.05, 0) is 24.1 Å². The van der Waals surface area contributed by atoms with Crippen LogP contribution >= 0.6 is 0 Å². The zero-order valence-corrected chi connectivity index (χ0v) is 12.8. The van der Waals surface area contributed by atoms with E-state index in [2.05, 4.69) is 10.6 Å². The van der Waals surface area contributed by atoms with Gasteiger partial charge in [-0.1, -0.05) is 12.1 Å². The molecule has 1 aromatic carbocycles. The third-order valence-electron chi connectivity index (χ3n) is 3.37. The molecule has 0 spiro atoms. The summed E-state index contributed by atoms with van der Waals surface area (Å²) >= 11 is 0. The lowest BCUT2D eigenvalue weighted by molar-refractivity contribution is -0.120. The van der Waals surface area contributed by atoms with Crippen molar-refractivity contribution in [2.75, 3.05) is 25.2 Å². The molecule has 1 fully saturated rings. The van der Waals surface area contributed by atoms with Crippen molar-refractivity contribution in [2.45, 2.75) is 19.0 Å². The van der Waals surface area contributed by atoms with Gasteiger partial charge in [0.2, 0.25) is 5.91 Å². The maximum absolute atomic E-state index is 11.7. The van der Waals surface area contributed by atoms with Crippen molar-refractivity contribution in [2.24, 2.45) is 0 Å². The van der Waals surface area contributed by atoms with Gasteiger partial charge in [0.05, 0.1) is 25.2 Å². The molecule has 1 saturated heterocycles. The summed E-state index contributed by atoms with van der Waals surface area (Å²) in [6, 6.07) is 7.33. The topological polar surface area (TPSA) is 84.5 Å². The standard InChI is InChI=1S/C14H20N2O4S/c1-20-13-4-2-11(3-5-13)8-15-9-14(17)16-12-6-7-21(18,19)10-12/h2-5,12,15H,6-10H2,1H3,(H,16,17). The van der Waals surface area contributed by atoms with Gasteiger partial charge < -0.3 is 15.4 Å². The molecule has 2 N–H and O–H groups in total. The molecule has 0 saturated carbocycles. The highest BCUT2D eigenvalue weighted by molar-refractivity contribution is 7.91. The maximum Gasteiger partial charge on any atom is 0.234 e. The molecule has 1 aliphatic heterocycles. The average molecular weight is 312 g/mol. The molecule has 0 aliphatic carbocycles. The maximum atomic E-state index is 11.7. The first-order valence-corrected chi connectivity index (χ1v) is 8.64. The molecule has 7 heteroatoms. The second-order valence-corrected chi connectivity index (χ2v) is 7.35. The molecular weight excluding hydrogens is 292 g/mol. The van der Waals surface area contributed by atoms with Crippen LogP contribution in [0.5, 0.6) is 5.75 Å². The predicted molar refractivity (Wildman–Crippen MR) is 79.9 cm³/mol. The van der Waals surface area contributed by atoms with Crippen LogP contribution in [0.4, 0.5) is 0 Å². The molecule has 0 radical (unpaired) electrons. The van der Waals surface area contributed by atoms with Gasteiger partial charge in [0, 0.05) is 12.6 Å². The molecule has 1 heterocycles. The fourth-order valence-corrected chi connectivity index (χ4v) is 3.92. The number of nitrogens with one attached hydrogen (secondary N) is 2. The van der Waals surface area contributed by atoms with E-state index in [1.807, 2.05) is 24.3 Å². The fourth-order valence-electron chi connectivity index (χ4n) is 2.25. The Bertz CT molecular complexity index is 583. The lowest BCUT2D eigenvalue weighted by Gasteiger charge is -2.11. The Morgan fingerprint density at radius 2 is 2.05 bits per heavy atom. The van der Waals surface area contributed by atoms with E-state index in [0.29, 0.717) is 13.0 Å². The second kappa shape index (κ2) is 6.91. The summed E-state index contributed by atoms with van der Waals surface area (Å²) in [5.41, 5.74) is 1.05. The monoisotopic (exact) mass is 312 g/mol. The van der Waals surface area contributed by atoms with Crippen LogP contribution < -0.4 is 15.4 Å². The van der Waals surface area contributed by atoms with Gasteiger partial charge in [0.1, 0.15) is 5.75 Å². The largest absolute Gasteiger partial charge is 0.497 e. The quantitative estimate of drug-likeness (QED) is 0.777. The van der Waals surface area contributed by atoms with Crippen molar-refractivity contribution in [3.8, 4) is 5.75 Å². The first-order chi connectivity index (χ1) is 9.98. The van der Waals surface area contributed by atoms with E-state index in [1.165, 1.54) is 0 Å². The number of rotatable bonds is 6. The van der Waals surface area contributed by atoms with E-state index >= 15 is 0 Å². The Labute approximate surface area is 124 Å². The molecule has 0 bridgehead atoms. The minimum Gasteiger partial charge on any atom is -0.497 e. The van der Waals surface area contributed by atoms with Gasteiger partial charge in [-0.15, -0.1) is 0 Å². The smallest absolute Gasteiger partial charge is 0.234 e. The van der Waals surface area contributed by atoms with E-state index in [4.69, 9.17) is 4.74 Å². The van der Waals surface area contributed by atoms with Crippen LogP contribution in [0.3, 0.4) is 0 Å². The Morgan fingerprint density at radius 3 is 2.62 bits per heavy atom. The molecule has 1 aromatic rings. The van der Waals surface area contributed by atoms with Crippen molar-refractivity contribution in [1.29, 1.82) is 0 Å². The van der Waals surface area contributed by atoms with Crippen LogP contribution in [0.1, 0.15) is 12.0 Å². The number of hydrogen-bond acceptors (Lipinski definition) is 5. The molecule has 1 atom stereocenters. The first kappa shape index (κ1) is 15.8. The van der Waals surface area contributed by atoms with Crippen LogP contribution in [0.2, 0.25) is 0 Å². The summed E-state index contributed by atoms with van der Waals surface area (Å²) in [4.78, 5) is 11.7. The lowest BCUT2D eigenvalue weighted by Crippen LogP contribution is -2.40. The first-order valence-electron chi connectivity index (χ1n) is 6.82. The lowest BCUT2D eigenvalue weighted by atomic mass is 10.2. The average Bonchev–Trinajstić information content (AvgIpc) is 2.78. The predicted octanol–water partition coefficient (Wildman–Crippen LogP) is 0.0881. The summed E-state index contributed by atoms with van der Waals surface area (Å²) in [6.07, 6.45) is 0.507. The summed E-state index contributed by atoms with van der Waals surface area (Å²) in [6.45, 7) is 0.739. The third kappa shape index (κ3) is 5.02. The van der Waals surface area contributed by atoms with Crippen molar-refractivity contribution in [3.63, 3.8) is 0 Å². The summed E-state index contributed by atoms with van der Waals surface area (Å²) < 4.78 is 27.7. The summed E-state index contributed by atoms with van der Waals surface area (Å²) in [7, 11) is -1.35. The normalized spacial score (nSPS) is 20.1. The minimum atomic E-state index is -2.96. The number of sulfone groups is 1. The number of carbonyl (C=O) groups is 1.